The van der Waals surface area contributed by atoms with Crippen LogP contribution in [0.4, 0.5) is 0 Å². The molecular weight excluding hydrogens is 511 g/mol. The van der Waals surface area contributed by atoms with E-state index in [0.29, 0.717) is 5.56 Å². The molecule has 2 atom stereocenters. The van der Waals surface area contributed by atoms with Gasteiger partial charge in [0.1, 0.15) is 22.8 Å². The normalized spacial score (nSPS) is 12.9. The van der Waals surface area contributed by atoms with Gasteiger partial charge in [-0.05, 0) is 37.0 Å². The molecule has 0 fully saturated rings. The number of ether oxygens (including phenoxy) is 2. The molecule has 2 rings (SSSR count). The van der Waals surface area contributed by atoms with Gasteiger partial charge < -0.3 is 39.6 Å². The molecule has 2 aromatic rings. The molecule has 0 radical (unpaired) electrons. The summed E-state index contributed by atoms with van der Waals surface area (Å²) in [6.45, 7) is -1.01. The van der Waals surface area contributed by atoms with Gasteiger partial charge in [0.25, 0.3) is 0 Å². The number of rotatable bonds is 13. The van der Waals surface area contributed by atoms with Crippen molar-refractivity contribution in [2.45, 2.75) is 37.0 Å². The molecule has 35 heavy (non-hydrogen) atoms. The first kappa shape index (κ1) is 31.6. The van der Waals surface area contributed by atoms with Gasteiger partial charge in [0.05, 0.1) is 41.8 Å². The number of phenols is 3. The van der Waals surface area contributed by atoms with Crippen molar-refractivity contribution in [1.82, 2.24) is 0 Å². The number of phenolic OH excluding ortho intramolecular Hbond substituents is 3. The van der Waals surface area contributed by atoms with E-state index >= 15 is 0 Å². The Hall–Kier alpha value is -1.42. The fourth-order valence-electron chi connectivity index (χ4n) is 3.30. The van der Waals surface area contributed by atoms with E-state index in [-0.39, 0.29) is 100 Å². The molecule has 0 heterocycles. The maximum Gasteiger partial charge on any atom is 1.00 e. The van der Waals surface area contributed by atoms with Gasteiger partial charge in [-0.3, -0.25) is 4.79 Å². The number of carbonyl (C=O) groups excluding carboxylic acids is 1. The van der Waals surface area contributed by atoms with Crippen molar-refractivity contribution in [3.63, 3.8) is 0 Å². The summed E-state index contributed by atoms with van der Waals surface area (Å²) < 4.78 is 44.2. The smallest absolute Gasteiger partial charge is 0.748 e. The fraction of sp³-hybridized carbons (Fsp3) is 0.409. The van der Waals surface area contributed by atoms with E-state index in [9.17, 15) is 38.2 Å². The standard InChI is InChI=1S/C22H28O11S.K/c1-32-21-5-3-13(8-18(21)26)2-4-17(25)22-19(27)10-15(11-20(22)28)33-7-6-16(34(29,30)31)9-14(24)12-23;/h3,5,8,10-11,14,16,23-24,26-28H,2,4,6-7,9,12H2,1H3,(H,29,30,31);/q;+1/p-1. The molecule has 0 aliphatic rings. The maximum atomic E-state index is 12.5. The second-order valence-corrected chi connectivity index (χ2v) is 9.24. The number of methoxy groups -OCH3 is 1. The van der Waals surface area contributed by atoms with E-state index in [1.54, 1.807) is 12.1 Å². The van der Waals surface area contributed by atoms with Crippen LogP contribution in [0.1, 0.15) is 35.2 Å². The number of aliphatic hydroxyl groups is 2. The van der Waals surface area contributed by atoms with Gasteiger partial charge in [0.15, 0.2) is 17.3 Å². The molecule has 0 saturated carbocycles. The van der Waals surface area contributed by atoms with E-state index in [1.807, 2.05) is 0 Å². The van der Waals surface area contributed by atoms with Gasteiger partial charge in [0, 0.05) is 18.6 Å². The van der Waals surface area contributed by atoms with Crippen molar-refractivity contribution in [3.05, 3.63) is 41.5 Å². The molecule has 2 aromatic carbocycles. The van der Waals surface area contributed by atoms with Crippen LogP contribution in [0.2, 0.25) is 0 Å². The second kappa shape index (κ2) is 14.3. The summed E-state index contributed by atoms with van der Waals surface area (Å²) in [6.07, 6.45) is -2.02. The van der Waals surface area contributed by atoms with Crippen molar-refractivity contribution >= 4 is 15.9 Å². The van der Waals surface area contributed by atoms with E-state index in [2.05, 4.69) is 0 Å². The molecule has 188 valence electrons. The van der Waals surface area contributed by atoms with Crippen LogP contribution in [0.3, 0.4) is 0 Å². The molecular formula is C22H27KO11S. The van der Waals surface area contributed by atoms with Crippen LogP contribution in [-0.4, -0.2) is 76.0 Å². The first-order chi connectivity index (χ1) is 16.0. The summed E-state index contributed by atoms with van der Waals surface area (Å²) in [7, 11) is -3.36. The molecule has 13 heteroatoms. The van der Waals surface area contributed by atoms with Gasteiger partial charge in [-0.25, -0.2) is 8.42 Å². The summed E-state index contributed by atoms with van der Waals surface area (Å²) in [5.41, 5.74) is 0.316. The van der Waals surface area contributed by atoms with Crippen LogP contribution in [0.5, 0.6) is 28.7 Å². The minimum Gasteiger partial charge on any atom is -0.748 e. The summed E-state index contributed by atoms with van der Waals surface area (Å²) in [5.74, 6) is -1.55. The van der Waals surface area contributed by atoms with Crippen LogP contribution < -0.4 is 60.9 Å². The van der Waals surface area contributed by atoms with Gasteiger partial charge in [-0.2, -0.15) is 0 Å². The summed E-state index contributed by atoms with van der Waals surface area (Å²) in [4.78, 5) is 12.5. The minimum atomic E-state index is -4.76. The van der Waals surface area contributed by atoms with Crippen molar-refractivity contribution in [3.8, 4) is 28.7 Å². The zero-order valence-electron chi connectivity index (χ0n) is 19.4. The van der Waals surface area contributed by atoms with Crippen LogP contribution >= 0.6 is 0 Å². The summed E-state index contributed by atoms with van der Waals surface area (Å²) >= 11 is 0. The molecule has 0 bridgehead atoms. The third-order valence-corrected chi connectivity index (χ3v) is 6.34. The number of benzene rings is 2. The van der Waals surface area contributed by atoms with E-state index in [4.69, 9.17) is 14.6 Å². The molecule has 0 saturated heterocycles. The van der Waals surface area contributed by atoms with Crippen molar-refractivity contribution < 1.29 is 104 Å². The fourth-order valence-corrected chi connectivity index (χ4v) is 4.14. The first-order valence-electron chi connectivity index (χ1n) is 10.3. The summed E-state index contributed by atoms with van der Waals surface area (Å²) in [5, 5.41) is 47.0. The molecule has 11 nitrogen and oxygen atoms in total. The third-order valence-electron chi connectivity index (χ3n) is 5.10. The third kappa shape index (κ3) is 9.51. The van der Waals surface area contributed by atoms with E-state index in [1.165, 1.54) is 13.2 Å². The molecule has 0 spiro atoms. The Kier molecular flexibility index (Phi) is 13.0. The van der Waals surface area contributed by atoms with Gasteiger partial charge in [-0.15, -0.1) is 0 Å². The average Bonchev–Trinajstić information content (AvgIpc) is 2.75. The van der Waals surface area contributed by atoms with Gasteiger partial charge >= 0.3 is 51.4 Å². The quantitative estimate of drug-likeness (QED) is 0.108. The largest absolute Gasteiger partial charge is 1.00 e. The Morgan fingerprint density at radius 2 is 1.71 bits per heavy atom. The number of aromatic hydroxyl groups is 3. The first-order valence-corrected chi connectivity index (χ1v) is 11.7. The average molecular weight is 539 g/mol. The van der Waals surface area contributed by atoms with Gasteiger partial charge in [0.2, 0.25) is 0 Å². The Labute approximate surface area is 245 Å². The molecule has 0 aliphatic carbocycles. The Balaban J connectivity index is 0.00000612. The number of aliphatic hydroxyl groups excluding tert-OH is 2. The van der Waals surface area contributed by atoms with Crippen LogP contribution in [0.25, 0.3) is 0 Å². The molecule has 0 amide bonds. The second-order valence-electron chi connectivity index (χ2n) is 7.59. The van der Waals surface area contributed by atoms with Crippen molar-refractivity contribution in [2.24, 2.45) is 0 Å². The number of hydrogen-bond donors (Lipinski definition) is 5. The Morgan fingerprint density at radius 1 is 1.09 bits per heavy atom. The number of Topliss-reactive ketones (excluding diaryl/α,β-unsaturated/α-hetero) is 1. The Morgan fingerprint density at radius 3 is 2.23 bits per heavy atom. The predicted octanol–water partition coefficient (Wildman–Crippen LogP) is -1.94. The number of aryl methyl sites for hydroxylation is 1. The van der Waals surface area contributed by atoms with E-state index in [0.717, 1.165) is 12.1 Å². The van der Waals surface area contributed by atoms with E-state index < -0.39 is 51.8 Å². The zero-order chi connectivity index (χ0) is 25.5. The predicted molar refractivity (Wildman–Crippen MR) is 118 cm³/mol. The Bertz CT molecular complexity index is 1080. The maximum absolute atomic E-state index is 12.5. The molecule has 0 aliphatic heterocycles. The minimum absolute atomic E-state index is 0. The SMILES string of the molecule is COc1ccc(CCC(=O)c2c(O)cc(OCCC(CC(O)CO)S(=O)(=O)[O-])cc2O)cc1O.[K+]. The topological polar surface area (TPSA) is 194 Å². The summed E-state index contributed by atoms with van der Waals surface area (Å²) in [6, 6.07) is 6.78. The van der Waals surface area contributed by atoms with Gasteiger partial charge in [-0.1, -0.05) is 6.07 Å². The van der Waals surface area contributed by atoms with Crippen molar-refractivity contribution in [1.29, 1.82) is 0 Å². The number of ketones is 1. The van der Waals surface area contributed by atoms with Crippen LogP contribution in [0.15, 0.2) is 30.3 Å². The number of hydrogen-bond acceptors (Lipinski definition) is 11. The monoisotopic (exact) mass is 538 g/mol. The molecule has 5 N–H and O–H groups in total. The van der Waals surface area contributed by atoms with Crippen LogP contribution in [0, 0.1) is 0 Å². The van der Waals surface area contributed by atoms with Crippen LogP contribution in [-0.2, 0) is 16.5 Å². The zero-order valence-corrected chi connectivity index (χ0v) is 23.3. The molecule has 0 aromatic heterocycles. The molecule has 2 unspecified atom stereocenters. The number of carbonyl (C=O) groups is 1. The van der Waals surface area contributed by atoms with Crippen molar-refractivity contribution in [2.75, 3.05) is 20.3 Å².